The van der Waals surface area contributed by atoms with Gasteiger partial charge in [-0.05, 0) is 54.6 Å². The number of anilines is 2. The Balaban J connectivity index is 1.55. The molecule has 0 spiro atoms. The lowest BCUT2D eigenvalue weighted by Gasteiger charge is -2.26. The van der Waals surface area contributed by atoms with Crippen LogP contribution in [-0.4, -0.2) is 18.1 Å². The number of sulfonamides is 1. The van der Waals surface area contributed by atoms with Gasteiger partial charge < -0.3 is 10.0 Å². The monoisotopic (exact) mass is 497 g/mol. The first-order chi connectivity index (χ1) is 17.4. The second kappa shape index (κ2) is 9.65. The Labute approximate surface area is 208 Å². The van der Waals surface area contributed by atoms with Crippen molar-refractivity contribution in [2.75, 3.05) is 4.90 Å². The van der Waals surface area contributed by atoms with E-state index < -0.39 is 10.0 Å². The summed E-state index contributed by atoms with van der Waals surface area (Å²) in [5, 5.41) is 25.7. The SMILES string of the molecule is NS(=O)(=O)c1ccc(N=Nc2c(O)n(CN(c3ccccc3)c3ccccc3)c3ccccc23)cc1. The summed E-state index contributed by atoms with van der Waals surface area (Å²) < 4.78 is 24.8. The first kappa shape index (κ1) is 23.3. The molecule has 0 saturated carbocycles. The first-order valence-electron chi connectivity index (χ1n) is 11.1. The molecule has 1 heterocycles. The lowest BCUT2D eigenvalue weighted by atomic mass is 10.2. The van der Waals surface area contributed by atoms with Crippen molar-refractivity contribution in [1.29, 1.82) is 0 Å². The summed E-state index contributed by atoms with van der Waals surface area (Å²) in [6.07, 6.45) is 0. The number of nitrogens with two attached hydrogens (primary N) is 1. The summed E-state index contributed by atoms with van der Waals surface area (Å²) in [7, 11) is -3.80. The predicted molar refractivity (Wildman–Crippen MR) is 141 cm³/mol. The molecule has 0 aliphatic carbocycles. The zero-order valence-corrected chi connectivity index (χ0v) is 20.0. The summed E-state index contributed by atoms with van der Waals surface area (Å²) >= 11 is 0. The van der Waals surface area contributed by atoms with Crippen LogP contribution in [0.2, 0.25) is 0 Å². The van der Waals surface area contributed by atoms with Crippen LogP contribution < -0.4 is 10.0 Å². The van der Waals surface area contributed by atoms with Crippen LogP contribution in [0, 0.1) is 0 Å². The van der Waals surface area contributed by atoms with E-state index in [1.165, 1.54) is 24.3 Å². The zero-order valence-electron chi connectivity index (χ0n) is 19.1. The fourth-order valence-electron chi connectivity index (χ4n) is 3.99. The van der Waals surface area contributed by atoms with Crippen molar-refractivity contribution in [2.45, 2.75) is 11.6 Å². The van der Waals surface area contributed by atoms with Gasteiger partial charge in [-0.25, -0.2) is 13.6 Å². The minimum absolute atomic E-state index is 0.0113. The highest BCUT2D eigenvalue weighted by molar-refractivity contribution is 7.89. The van der Waals surface area contributed by atoms with Gasteiger partial charge in [0.2, 0.25) is 15.9 Å². The van der Waals surface area contributed by atoms with Crippen LogP contribution in [0.5, 0.6) is 5.88 Å². The number of aromatic nitrogens is 1. The average molecular weight is 498 g/mol. The minimum atomic E-state index is -3.80. The molecule has 1 aromatic heterocycles. The lowest BCUT2D eigenvalue weighted by Crippen LogP contribution is -2.20. The molecule has 8 nitrogen and oxygen atoms in total. The van der Waals surface area contributed by atoms with E-state index in [1.54, 1.807) is 4.57 Å². The number of hydrogen-bond donors (Lipinski definition) is 2. The van der Waals surface area contributed by atoms with Crippen molar-refractivity contribution >= 4 is 43.7 Å². The predicted octanol–water partition coefficient (Wildman–Crippen LogP) is 6.21. The molecule has 0 radical (unpaired) electrons. The van der Waals surface area contributed by atoms with Gasteiger partial charge in [-0.3, -0.25) is 4.57 Å². The van der Waals surface area contributed by atoms with Gasteiger partial charge in [-0.15, -0.1) is 5.11 Å². The molecular formula is C27H23N5O3S. The normalized spacial score (nSPS) is 11.8. The molecule has 180 valence electrons. The third-order valence-electron chi connectivity index (χ3n) is 5.77. The van der Waals surface area contributed by atoms with Gasteiger partial charge >= 0.3 is 0 Å². The number of hydrogen-bond acceptors (Lipinski definition) is 6. The molecule has 0 saturated heterocycles. The molecule has 5 rings (SSSR count). The topological polar surface area (TPSA) is 113 Å². The van der Waals surface area contributed by atoms with Gasteiger partial charge in [-0.1, -0.05) is 54.6 Å². The lowest BCUT2D eigenvalue weighted by molar-refractivity contribution is 0.423. The highest BCUT2D eigenvalue weighted by Gasteiger charge is 2.19. The van der Waals surface area contributed by atoms with Crippen LogP contribution in [0.1, 0.15) is 0 Å². The average Bonchev–Trinajstić information content (AvgIpc) is 3.17. The smallest absolute Gasteiger partial charge is 0.238 e. The highest BCUT2D eigenvalue weighted by Crippen LogP contribution is 2.40. The minimum Gasteiger partial charge on any atom is -0.493 e. The van der Waals surface area contributed by atoms with Gasteiger partial charge in [0.1, 0.15) is 6.67 Å². The van der Waals surface area contributed by atoms with Crippen molar-refractivity contribution in [3.8, 4) is 5.88 Å². The summed E-state index contributed by atoms with van der Waals surface area (Å²) in [4.78, 5) is 2.09. The third-order valence-corrected chi connectivity index (χ3v) is 6.70. The number of para-hydroxylation sites is 3. The second-order valence-electron chi connectivity index (χ2n) is 8.10. The Morgan fingerprint density at radius 1 is 0.750 bits per heavy atom. The van der Waals surface area contributed by atoms with Gasteiger partial charge in [-0.2, -0.15) is 5.11 Å². The van der Waals surface area contributed by atoms with Crippen LogP contribution in [0.25, 0.3) is 10.9 Å². The van der Waals surface area contributed by atoms with Gasteiger partial charge in [0.15, 0.2) is 5.69 Å². The van der Waals surface area contributed by atoms with E-state index in [0.29, 0.717) is 18.0 Å². The number of azo groups is 1. The molecule has 0 atom stereocenters. The zero-order chi connectivity index (χ0) is 25.1. The molecule has 5 aromatic rings. The maximum absolute atomic E-state index is 11.5. The van der Waals surface area contributed by atoms with Crippen molar-refractivity contribution < 1.29 is 13.5 Å². The molecule has 0 unspecified atom stereocenters. The third kappa shape index (κ3) is 4.70. The number of fused-ring (bicyclic) bond motifs is 1. The highest BCUT2D eigenvalue weighted by atomic mass is 32.2. The summed E-state index contributed by atoms with van der Waals surface area (Å²) in [6.45, 7) is 0.332. The second-order valence-corrected chi connectivity index (χ2v) is 9.66. The molecular weight excluding hydrogens is 474 g/mol. The Hall–Kier alpha value is -4.47. The summed E-state index contributed by atoms with van der Waals surface area (Å²) in [5.41, 5.74) is 3.49. The van der Waals surface area contributed by atoms with E-state index in [2.05, 4.69) is 15.1 Å². The molecule has 0 aliphatic rings. The van der Waals surface area contributed by atoms with Crippen LogP contribution >= 0.6 is 0 Å². The number of aromatic hydroxyl groups is 1. The quantitative estimate of drug-likeness (QED) is 0.260. The molecule has 3 N–H and O–H groups in total. The largest absolute Gasteiger partial charge is 0.493 e. The van der Waals surface area contributed by atoms with Crippen molar-refractivity contribution in [3.05, 3.63) is 109 Å². The van der Waals surface area contributed by atoms with Crippen LogP contribution in [0.4, 0.5) is 22.7 Å². The standard InChI is InChI=1S/C27H23N5O3S/c28-36(34,35)23-17-15-20(16-18-23)29-30-26-24-13-7-8-14-25(24)32(27(26)33)19-31(21-9-3-1-4-10-21)22-11-5-2-6-12-22/h1-18,33H,19H2,(H2,28,34,35). The number of benzene rings is 4. The molecule has 0 fully saturated rings. The Kier molecular flexibility index (Phi) is 6.24. The molecule has 4 aromatic carbocycles. The maximum atomic E-state index is 11.5. The van der Waals surface area contributed by atoms with Crippen molar-refractivity contribution in [2.24, 2.45) is 15.4 Å². The van der Waals surface area contributed by atoms with Crippen molar-refractivity contribution in [1.82, 2.24) is 4.57 Å². The fraction of sp³-hybridized carbons (Fsp3) is 0.0370. The van der Waals surface area contributed by atoms with E-state index in [9.17, 15) is 13.5 Å². The first-order valence-corrected chi connectivity index (χ1v) is 12.7. The number of primary sulfonamides is 1. The van der Waals surface area contributed by atoms with E-state index in [-0.39, 0.29) is 10.8 Å². The number of nitrogens with zero attached hydrogens (tertiary/aromatic N) is 4. The van der Waals surface area contributed by atoms with Crippen LogP contribution in [0.3, 0.4) is 0 Å². The van der Waals surface area contributed by atoms with E-state index in [1.807, 2.05) is 84.9 Å². The fourth-order valence-corrected chi connectivity index (χ4v) is 4.51. The molecule has 0 amide bonds. The molecule has 36 heavy (non-hydrogen) atoms. The Bertz CT molecular complexity index is 1590. The van der Waals surface area contributed by atoms with Crippen molar-refractivity contribution in [3.63, 3.8) is 0 Å². The Morgan fingerprint density at radius 3 is 1.89 bits per heavy atom. The summed E-state index contributed by atoms with van der Waals surface area (Å²) in [6, 6.07) is 33.2. The molecule has 0 aliphatic heterocycles. The summed E-state index contributed by atoms with van der Waals surface area (Å²) in [5.74, 6) is -0.0297. The van der Waals surface area contributed by atoms with E-state index in [4.69, 9.17) is 5.14 Å². The van der Waals surface area contributed by atoms with Gasteiger partial charge in [0.25, 0.3) is 0 Å². The van der Waals surface area contributed by atoms with E-state index in [0.717, 1.165) is 22.3 Å². The molecule has 9 heteroatoms. The van der Waals surface area contributed by atoms with E-state index >= 15 is 0 Å². The van der Waals surface area contributed by atoms with Gasteiger partial charge in [0, 0.05) is 16.8 Å². The number of rotatable bonds is 7. The molecule has 0 bridgehead atoms. The Morgan fingerprint density at radius 2 is 1.31 bits per heavy atom. The van der Waals surface area contributed by atoms with Crippen LogP contribution in [-0.2, 0) is 16.7 Å². The van der Waals surface area contributed by atoms with Gasteiger partial charge in [0.05, 0.1) is 16.1 Å². The van der Waals surface area contributed by atoms with Crippen LogP contribution in [0.15, 0.2) is 124 Å². The maximum Gasteiger partial charge on any atom is 0.238 e.